The number of benzene rings is 1. The van der Waals surface area contributed by atoms with Crippen LogP contribution < -0.4 is 0 Å². The summed E-state index contributed by atoms with van der Waals surface area (Å²) in [7, 11) is 0. The predicted molar refractivity (Wildman–Crippen MR) is 94.8 cm³/mol. The highest BCUT2D eigenvalue weighted by molar-refractivity contribution is 5.78. The number of hydrogen-bond donors (Lipinski definition) is 1. The SMILES string of the molecule is Cc1cc(F)ccc1C(O)CN1CCN(C(=O)CN2CCCC2)CC1. The second-order valence-corrected chi connectivity index (χ2v) is 7.18. The van der Waals surface area contributed by atoms with E-state index in [0.717, 1.165) is 37.3 Å². The summed E-state index contributed by atoms with van der Waals surface area (Å²) in [6, 6.07) is 4.50. The molecule has 0 aromatic heterocycles. The number of hydrogen-bond acceptors (Lipinski definition) is 4. The zero-order valence-corrected chi connectivity index (χ0v) is 15.0. The molecule has 5 nitrogen and oxygen atoms in total. The highest BCUT2D eigenvalue weighted by Gasteiger charge is 2.25. The molecule has 2 heterocycles. The van der Waals surface area contributed by atoms with Crippen molar-refractivity contribution in [1.29, 1.82) is 0 Å². The number of aliphatic hydroxyl groups excluding tert-OH is 1. The van der Waals surface area contributed by atoms with E-state index in [0.29, 0.717) is 26.2 Å². The van der Waals surface area contributed by atoms with Crippen LogP contribution in [0.5, 0.6) is 0 Å². The van der Waals surface area contributed by atoms with E-state index >= 15 is 0 Å². The molecule has 1 amide bonds. The van der Waals surface area contributed by atoms with Gasteiger partial charge in [0, 0.05) is 32.7 Å². The molecule has 1 N–H and O–H groups in total. The zero-order valence-electron chi connectivity index (χ0n) is 15.0. The van der Waals surface area contributed by atoms with E-state index in [1.165, 1.54) is 25.0 Å². The van der Waals surface area contributed by atoms with E-state index in [1.807, 2.05) is 11.8 Å². The van der Waals surface area contributed by atoms with Gasteiger partial charge in [0.25, 0.3) is 0 Å². The predicted octanol–water partition coefficient (Wildman–Crippen LogP) is 1.41. The van der Waals surface area contributed by atoms with E-state index < -0.39 is 6.10 Å². The molecule has 1 aromatic rings. The van der Waals surface area contributed by atoms with Gasteiger partial charge in [0.05, 0.1) is 12.6 Å². The number of halogens is 1. The molecule has 0 saturated carbocycles. The van der Waals surface area contributed by atoms with Crippen LogP contribution in [-0.4, -0.2) is 78.1 Å². The lowest BCUT2D eigenvalue weighted by Gasteiger charge is -2.36. The molecule has 1 atom stereocenters. The number of piperazine rings is 1. The lowest BCUT2D eigenvalue weighted by Crippen LogP contribution is -2.51. The third kappa shape index (κ3) is 4.77. The molecule has 2 saturated heterocycles. The van der Waals surface area contributed by atoms with Crippen molar-refractivity contribution in [3.05, 3.63) is 35.1 Å². The van der Waals surface area contributed by atoms with Gasteiger partial charge in [0.2, 0.25) is 5.91 Å². The molecule has 1 unspecified atom stereocenters. The monoisotopic (exact) mass is 349 g/mol. The summed E-state index contributed by atoms with van der Waals surface area (Å²) in [5, 5.41) is 10.5. The summed E-state index contributed by atoms with van der Waals surface area (Å²) >= 11 is 0. The van der Waals surface area contributed by atoms with Gasteiger partial charge >= 0.3 is 0 Å². The molecule has 25 heavy (non-hydrogen) atoms. The van der Waals surface area contributed by atoms with Crippen molar-refractivity contribution >= 4 is 5.91 Å². The van der Waals surface area contributed by atoms with Crippen LogP contribution in [0.2, 0.25) is 0 Å². The Bertz CT molecular complexity index is 596. The fourth-order valence-corrected chi connectivity index (χ4v) is 3.77. The topological polar surface area (TPSA) is 47.0 Å². The number of nitrogens with zero attached hydrogens (tertiary/aromatic N) is 3. The summed E-state index contributed by atoms with van der Waals surface area (Å²) in [6.45, 7) is 7.90. The van der Waals surface area contributed by atoms with Gasteiger partial charge in [-0.2, -0.15) is 0 Å². The highest BCUT2D eigenvalue weighted by Crippen LogP contribution is 2.20. The lowest BCUT2D eigenvalue weighted by atomic mass is 10.0. The molecule has 0 bridgehead atoms. The minimum absolute atomic E-state index is 0.219. The molecule has 6 heteroatoms. The second-order valence-electron chi connectivity index (χ2n) is 7.18. The van der Waals surface area contributed by atoms with Crippen LogP contribution in [-0.2, 0) is 4.79 Å². The number of aryl methyl sites for hydroxylation is 1. The van der Waals surface area contributed by atoms with Crippen LogP contribution in [0, 0.1) is 12.7 Å². The number of aliphatic hydroxyl groups is 1. The summed E-state index contributed by atoms with van der Waals surface area (Å²) in [4.78, 5) is 18.7. The van der Waals surface area contributed by atoms with E-state index in [4.69, 9.17) is 0 Å². The van der Waals surface area contributed by atoms with E-state index in [9.17, 15) is 14.3 Å². The van der Waals surface area contributed by atoms with Gasteiger partial charge in [0.1, 0.15) is 5.82 Å². The van der Waals surface area contributed by atoms with Gasteiger partial charge in [-0.05, 0) is 56.1 Å². The first-order chi connectivity index (χ1) is 12.0. The van der Waals surface area contributed by atoms with Crippen LogP contribution in [0.15, 0.2) is 18.2 Å². The quantitative estimate of drug-likeness (QED) is 0.873. The summed E-state index contributed by atoms with van der Waals surface area (Å²) in [6.07, 6.45) is 1.76. The Hall–Kier alpha value is -1.50. The van der Waals surface area contributed by atoms with Gasteiger partial charge in [0.15, 0.2) is 0 Å². The van der Waals surface area contributed by atoms with E-state index in [2.05, 4.69) is 9.80 Å². The van der Waals surface area contributed by atoms with Crippen molar-refractivity contribution < 1.29 is 14.3 Å². The molecular formula is C19H28FN3O2. The third-order valence-electron chi connectivity index (χ3n) is 5.30. The Morgan fingerprint density at radius 1 is 1.12 bits per heavy atom. The van der Waals surface area contributed by atoms with Crippen LogP contribution in [0.3, 0.4) is 0 Å². The maximum absolute atomic E-state index is 13.2. The number of β-amino-alcohol motifs (C(OH)–C–C–N with tert-alkyl or cyclic N) is 1. The van der Waals surface area contributed by atoms with E-state index in [-0.39, 0.29) is 11.7 Å². The third-order valence-corrected chi connectivity index (χ3v) is 5.30. The number of likely N-dealkylation sites (tertiary alicyclic amines) is 1. The highest BCUT2D eigenvalue weighted by atomic mass is 19.1. The van der Waals surface area contributed by atoms with Crippen LogP contribution >= 0.6 is 0 Å². The second kappa shape index (κ2) is 8.25. The fourth-order valence-electron chi connectivity index (χ4n) is 3.77. The average molecular weight is 349 g/mol. The Morgan fingerprint density at radius 2 is 1.80 bits per heavy atom. The van der Waals surface area contributed by atoms with E-state index in [1.54, 1.807) is 6.07 Å². The molecule has 2 aliphatic heterocycles. The van der Waals surface area contributed by atoms with Gasteiger partial charge in [-0.15, -0.1) is 0 Å². The van der Waals surface area contributed by atoms with Gasteiger partial charge in [-0.3, -0.25) is 14.6 Å². The normalized spacial score (nSPS) is 20.8. The molecule has 2 fully saturated rings. The van der Waals surface area contributed by atoms with Gasteiger partial charge < -0.3 is 10.0 Å². The molecule has 3 rings (SSSR count). The Balaban J connectivity index is 1.46. The fraction of sp³-hybridized carbons (Fsp3) is 0.632. The maximum Gasteiger partial charge on any atom is 0.236 e. The number of carbonyl (C=O) groups excluding carboxylic acids is 1. The van der Waals surface area contributed by atoms with Crippen molar-refractivity contribution in [2.45, 2.75) is 25.9 Å². The Kier molecular flexibility index (Phi) is 6.04. The molecular weight excluding hydrogens is 321 g/mol. The molecule has 0 radical (unpaired) electrons. The molecule has 1 aromatic carbocycles. The van der Waals surface area contributed by atoms with Crippen molar-refractivity contribution in [3.8, 4) is 0 Å². The molecule has 0 spiro atoms. The standard InChI is InChI=1S/C19H28FN3O2/c1-15-12-16(20)4-5-17(15)18(24)13-22-8-10-23(11-9-22)19(25)14-21-6-2-3-7-21/h4-5,12,18,24H,2-3,6-11,13-14H2,1H3. The van der Waals surface area contributed by atoms with Gasteiger partial charge in [-0.25, -0.2) is 4.39 Å². The van der Waals surface area contributed by atoms with Crippen molar-refractivity contribution in [2.24, 2.45) is 0 Å². The van der Waals surface area contributed by atoms with Crippen LogP contribution in [0.1, 0.15) is 30.1 Å². The Labute approximate surface area is 149 Å². The maximum atomic E-state index is 13.2. The smallest absolute Gasteiger partial charge is 0.236 e. The first-order valence-corrected chi connectivity index (χ1v) is 9.19. The first-order valence-electron chi connectivity index (χ1n) is 9.19. The number of amides is 1. The van der Waals surface area contributed by atoms with Crippen molar-refractivity contribution in [3.63, 3.8) is 0 Å². The summed E-state index contributed by atoms with van der Waals surface area (Å²) in [5.41, 5.74) is 1.54. The largest absolute Gasteiger partial charge is 0.387 e. The summed E-state index contributed by atoms with van der Waals surface area (Å²) in [5.74, 6) is -0.0601. The van der Waals surface area contributed by atoms with Crippen molar-refractivity contribution in [1.82, 2.24) is 14.7 Å². The molecule has 138 valence electrons. The average Bonchev–Trinajstić information content (AvgIpc) is 3.08. The molecule has 2 aliphatic rings. The Morgan fingerprint density at radius 3 is 2.44 bits per heavy atom. The number of rotatable bonds is 5. The minimum atomic E-state index is -0.632. The lowest BCUT2D eigenvalue weighted by molar-refractivity contribution is -0.134. The number of carbonyl (C=O) groups is 1. The van der Waals surface area contributed by atoms with Crippen LogP contribution in [0.4, 0.5) is 4.39 Å². The zero-order chi connectivity index (χ0) is 17.8. The summed E-state index contributed by atoms with van der Waals surface area (Å²) < 4.78 is 13.2. The first kappa shape index (κ1) is 18.3. The van der Waals surface area contributed by atoms with Gasteiger partial charge in [-0.1, -0.05) is 6.07 Å². The van der Waals surface area contributed by atoms with Crippen LogP contribution in [0.25, 0.3) is 0 Å². The van der Waals surface area contributed by atoms with Crippen molar-refractivity contribution in [2.75, 3.05) is 52.4 Å². The minimum Gasteiger partial charge on any atom is -0.387 e. The molecule has 0 aliphatic carbocycles.